The molecule has 2 aromatic heterocycles. The van der Waals surface area contributed by atoms with Crippen LogP contribution >= 0.6 is 11.3 Å². The molecule has 0 bridgehead atoms. The molecule has 0 spiro atoms. The number of H-pyrrole nitrogens is 1. The molecular formula is C14H12N4OS. The van der Waals surface area contributed by atoms with Crippen molar-refractivity contribution in [1.29, 1.82) is 0 Å². The highest BCUT2D eigenvalue weighted by molar-refractivity contribution is 7.13. The van der Waals surface area contributed by atoms with Crippen molar-refractivity contribution in [1.82, 2.24) is 15.2 Å². The largest absolute Gasteiger partial charge is 0.375 e. The number of aryl methyl sites for hydroxylation is 1. The second kappa shape index (κ2) is 4.90. The molecule has 0 aliphatic rings. The summed E-state index contributed by atoms with van der Waals surface area (Å²) in [6, 6.07) is 9.67. The third-order valence-corrected chi connectivity index (χ3v) is 3.62. The summed E-state index contributed by atoms with van der Waals surface area (Å²) in [4.78, 5) is 16.0. The molecule has 0 atom stereocenters. The average molecular weight is 284 g/mol. The minimum absolute atomic E-state index is 0.272. The van der Waals surface area contributed by atoms with Crippen LogP contribution in [0.5, 0.6) is 0 Å². The topological polar surface area (TPSA) is 84.7 Å². The summed E-state index contributed by atoms with van der Waals surface area (Å²) in [5, 5.41) is 8.79. The van der Waals surface area contributed by atoms with E-state index in [-0.39, 0.29) is 5.56 Å². The zero-order valence-corrected chi connectivity index (χ0v) is 11.6. The Hall–Kier alpha value is -2.47. The van der Waals surface area contributed by atoms with E-state index in [9.17, 15) is 4.79 Å². The van der Waals surface area contributed by atoms with E-state index in [1.54, 1.807) is 11.4 Å². The first-order valence-corrected chi connectivity index (χ1v) is 6.89. The van der Waals surface area contributed by atoms with Crippen molar-refractivity contribution in [3.8, 4) is 22.5 Å². The van der Waals surface area contributed by atoms with Crippen molar-refractivity contribution in [2.24, 2.45) is 0 Å². The first-order chi connectivity index (χ1) is 9.63. The van der Waals surface area contributed by atoms with Crippen LogP contribution in [0, 0.1) is 6.92 Å². The number of hydrogen-bond acceptors (Lipinski definition) is 5. The Morgan fingerprint density at radius 3 is 2.60 bits per heavy atom. The van der Waals surface area contributed by atoms with E-state index in [0.717, 1.165) is 5.56 Å². The van der Waals surface area contributed by atoms with Crippen molar-refractivity contribution < 1.29 is 0 Å². The van der Waals surface area contributed by atoms with Gasteiger partial charge in [-0.15, -0.1) is 11.3 Å². The van der Waals surface area contributed by atoms with Crippen LogP contribution in [0.2, 0.25) is 0 Å². The predicted molar refractivity (Wildman–Crippen MR) is 80.6 cm³/mol. The van der Waals surface area contributed by atoms with Crippen LogP contribution in [-0.2, 0) is 0 Å². The molecule has 20 heavy (non-hydrogen) atoms. The maximum Gasteiger partial charge on any atom is 0.273 e. The lowest BCUT2D eigenvalue weighted by Gasteiger charge is -2.02. The van der Waals surface area contributed by atoms with Crippen LogP contribution in [0.3, 0.4) is 0 Å². The number of anilines is 1. The Balaban J connectivity index is 2.11. The highest BCUT2D eigenvalue weighted by atomic mass is 32.1. The molecule has 2 heterocycles. The lowest BCUT2D eigenvalue weighted by molar-refractivity contribution is 0.996. The van der Waals surface area contributed by atoms with Gasteiger partial charge in [0.25, 0.3) is 5.56 Å². The van der Waals surface area contributed by atoms with Gasteiger partial charge in [-0.05, 0) is 13.0 Å². The second-order valence-corrected chi connectivity index (χ2v) is 5.32. The Morgan fingerprint density at radius 1 is 1.20 bits per heavy atom. The molecule has 0 radical (unpaired) electrons. The first-order valence-electron chi connectivity index (χ1n) is 6.01. The number of nitrogens with zero attached hydrogens (tertiary/aromatic N) is 2. The van der Waals surface area contributed by atoms with Crippen LogP contribution in [0.25, 0.3) is 22.5 Å². The molecule has 0 saturated carbocycles. The van der Waals surface area contributed by atoms with Gasteiger partial charge < -0.3 is 5.73 Å². The number of rotatable bonds is 2. The highest BCUT2D eigenvalue weighted by Gasteiger charge is 2.10. The summed E-state index contributed by atoms with van der Waals surface area (Å²) in [5.74, 6) is 0. The Bertz CT molecular complexity index is 805. The number of aromatic amines is 1. The van der Waals surface area contributed by atoms with E-state index >= 15 is 0 Å². The fourth-order valence-electron chi connectivity index (χ4n) is 1.88. The zero-order chi connectivity index (χ0) is 14.1. The van der Waals surface area contributed by atoms with Gasteiger partial charge >= 0.3 is 0 Å². The van der Waals surface area contributed by atoms with Crippen LogP contribution in [0.4, 0.5) is 5.13 Å². The molecule has 0 unspecified atom stereocenters. The molecule has 5 nitrogen and oxygen atoms in total. The molecule has 6 heteroatoms. The van der Waals surface area contributed by atoms with E-state index in [4.69, 9.17) is 5.73 Å². The highest BCUT2D eigenvalue weighted by Crippen LogP contribution is 2.23. The SMILES string of the molecule is Cc1ccc(-c2cc(-c3csc(N)n3)c(=O)[nH]n2)cc1. The Kier molecular flexibility index (Phi) is 3.08. The fraction of sp³-hybridized carbons (Fsp3) is 0.0714. The Morgan fingerprint density at radius 2 is 1.95 bits per heavy atom. The normalized spacial score (nSPS) is 10.7. The number of aromatic nitrogens is 3. The van der Waals surface area contributed by atoms with Gasteiger partial charge in [-0.25, -0.2) is 10.1 Å². The number of nitrogen functional groups attached to an aromatic ring is 1. The first kappa shape index (κ1) is 12.6. The summed E-state index contributed by atoms with van der Waals surface area (Å²) >= 11 is 1.31. The Labute approximate surface area is 119 Å². The van der Waals surface area contributed by atoms with Gasteiger partial charge in [-0.2, -0.15) is 5.10 Å². The summed E-state index contributed by atoms with van der Waals surface area (Å²) in [6.45, 7) is 2.02. The van der Waals surface area contributed by atoms with Gasteiger partial charge in [-0.3, -0.25) is 4.79 Å². The third kappa shape index (κ3) is 2.33. The number of benzene rings is 1. The lowest BCUT2D eigenvalue weighted by Crippen LogP contribution is -2.11. The molecule has 3 rings (SSSR count). The fourth-order valence-corrected chi connectivity index (χ4v) is 2.44. The van der Waals surface area contributed by atoms with Crippen molar-refractivity contribution in [3.05, 3.63) is 51.6 Å². The maximum atomic E-state index is 11.9. The minimum Gasteiger partial charge on any atom is -0.375 e. The van der Waals surface area contributed by atoms with Gasteiger partial charge in [0.2, 0.25) is 0 Å². The van der Waals surface area contributed by atoms with Crippen molar-refractivity contribution >= 4 is 16.5 Å². The summed E-state index contributed by atoms with van der Waals surface area (Å²) in [7, 11) is 0. The van der Waals surface area contributed by atoms with E-state index in [2.05, 4.69) is 15.2 Å². The van der Waals surface area contributed by atoms with Crippen molar-refractivity contribution in [2.75, 3.05) is 5.73 Å². The van der Waals surface area contributed by atoms with E-state index in [1.165, 1.54) is 16.9 Å². The molecule has 3 aromatic rings. The van der Waals surface area contributed by atoms with Crippen molar-refractivity contribution in [2.45, 2.75) is 6.92 Å². The third-order valence-electron chi connectivity index (χ3n) is 2.95. The summed E-state index contributed by atoms with van der Waals surface area (Å²) in [6.07, 6.45) is 0. The molecule has 0 saturated heterocycles. The van der Waals surface area contributed by atoms with Crippen molar-refractivity contribution in [3.63, 3.8) is 0 Å². The number of thiazole rings is 1. The smallest absolute Gasteiger partial charge is 0.273 e. The standard InChI is InChI=1S/C14H12N4OS/c1-8-2-4-9(5-3-8)11-6-10(13(19)18-17-11)12-7-20-14(15)16-12/h2-7H,1H3,(H2,15,16)(H,18,19). The summed E-state index contributed by atoms with van der Waals surface area (Å²) < 4.78 is 0. The van der Waals surface area contributed by atoms with Crippen LogP contribution in [0.1, 0.15) is 5.56 Å². The number of nitrogens with two attached hydrogens (primary N) is 1. The maximum absolute atomic E-state index is 11.9. The quantitative estimate of drug-likeness (QED) is 0.757. The van der Waals surface area contributed by atoms with Gasteiger partial charge in [0.15, 0.2) is 5.13 Å². The molecule has 3 N–H and O–H groups in total. The van der Waals surface area contributed by atoms with Gasteiger partial charge in [0.1, 0.15) is 0 Å². The van der Waals surface area contributed by atoms with E-state index < -0.39 is 0 Å². The molecule has 0 fully saturated rings. The lowest BCUT2D eigenvalue weighted by atomic mass is 10.1. The minimum atomic E-state index is -0.272. The van der Waals surface area contributed by atoms with E-state index in [0.29, 0.717) is 22.1 Å². The van der Waals surface area contributed by atoms with Gasteiger partial charge in [0, 0.05) is 10.9 Å². The van der Waals surface area contributed by atoms with Crippen LogP contribution < -0.4 is 11.3 Å². The number of hydrogen-bond donors (Lipinski definition) is 2. The van der Waals surface area contributed by atoms with E-state index in [1.807, 2.05) is 31.2 Å². The average Bonchev–Trinajstić information content (AvgIpc) is 2.87. The molecule has 1 aromatic carbocycles. The molecular weight excluding hydrogens is 272 g/mol. The molecule has 0 aliphatic carbocycles. The van der Waals surface area contributed by atoms with Gasteiger partial charge in [-0.1, -0.05) is 29.8 Å². The van der Waals surface area contributed by atoms with Crippen LogP contribution in [0.15, 0.2) is 40.5 Å². The molecule has 0 aliphatic heterocycles. The second-order valence-electron chi connectivity index (χ2n) is 4.43. The monoisotopic (exact) mass is 284 g/mol. The summed E-state index contributed by atoms with van der Waals surface area (Å²) in [5.41, 5.74) is 9.20. The van der Waals surface area contributed by atoms with Gasteiger partial charge in [0.05, 0.1) is 17.0 Å². The predicted octanol–water partition coefficient (Wildman–Crippen LogP) is 2.45. The zero-order valence-electron chi connectivity index (χ0n) is 10.8. The molecule has 100 valence electrons. The van der Waals surface area contributed by atoms with Crippen LogP contribution in [-0.4, -0.2) is 15.2 Å². The molecule has 0 amide bonds. The number of nitrogens with one attached hydrogen (secondary N) is 1.